The van der Waals surface area contributed by atoms with E-state index in [0.29, 0.717) is 5.92 Å². The molecule has 0 radical (unpaired) electrons. The summed E-state index contributed by atoms with van der Waals surface area (Å²) in [5.74, 6) is 1.45. The Balaban J connectivity index is 2.02. The van der Waals surface area contributed by atoms with Crippen LogP contribution in [0, 0.1) is 6.92 Å². The van der Waals surface area contributed by atoms with Gasteiger partial charge >= 0.3 is 0 Å². The van der Waals surface area contributed by atoms with Crippen molar-refractivity contribution in [3.05, 3.63) is 35.6 Å². The molecule has 2 atom stereocenters. The van der Waals surface area contributed by atoms with Crippen LogP contribution >= 0.6 is 0 Å². The second-order valence-corrected chi connectivity index (χ2v) is 4.81. The predicted octanol–water partition coefficient (Wildman–Crippen LogP) is 3.37. The summed E-state index contributed by atoms with van der Waals surface area (Å²) >= 11 is 0. The van der Waals surface area contributed by atoms with Gasteiger partial charge < -0.3 is 9.52 Å². The molecule has 3 rings (SSSR count). The molecule has 1 fully saturated rings. The molecule has 2 nitrogen and oxygen atoms in total. The van der Waals surface area contributed by atoms with Crippen LogP contribution in [0.4, 0.5) is 0 Å². The average Bonchev–Trinajstić information content (AvgIpc) is 2.84. The van der Waals surface area contributed by atoms with Crippen LogP contribution in [0.25, 0.3) is 11.0 Å². The first-order valence-corrected chi connectivity index (χ1v) is 5.91. The van der Waals surface area contributed by atoms with Gasteiger partial charge in [0.05, 0.1) is 6.10 Å². The first kappa shape index (κ1) is 9.91. The van der Waals surface area contributed by atoms with Gasteiger partial charge in [-0.05, 0) is 37.8 Å². The van der Waals surface area contributed by atoms with Crippen LogP contribution in [0.5, 0.6) is 0 Å². The number of aliphatic hydroxyl groups excluding tert-OH is 1. The topological polar surface area (TPSA) is 33.4 Å². The van der Waals surface area contributed by atoms with Gasteiger partial charge in [0.25, 0.3) is 0 Å². The lowest BCUT2D eigenvalue weighted by atomic mass is 10.0. The Morgan fingerprint density at radius 2 is 2.19 bits per heavy atom. The summed E-state index contributed by atoms with van der Waals surface area (Å²) < 4.78 is 5.92. The number of furan rings is 1. The zero-order chi connectivity index (χ0) is 11.1. The molecule has 2 unspecified atom stereocenters. The van der Waals surface area contributed by atoms with Gasteiger partial charge in [0.2, 0.25) is 0 Å². The summed E-state index contributed by atoms with van der Waals surface area (Å²) in [6.07, 6.45) is 2.65. The summed E-state index contributed by atoms with van der Waals surface area (Å²) in [4.78, 5) is 0. The van der Waals surface area contributed by atoms with E-state index < -0.39 is 0 Å². The standard InChI is InChI=1S/C14H16O2/c1-9-3-2-4-11-8-13(16-14(9)11)10-5-6-12(15)7-10/h2-4,8,10,12,15H,5-7H2,1H3. The van der Waals surface area contributed by atoms with Crippen LogP contribution in [-0.2, 0) is 0 Å². The van der Waals surface area contributed by atoms with Crippen LogP contribution in [0.2, 0.25) is 0 Å². The molecule has 0 amide bonds. The van der Waals surface area contributed by atoms with Gasteiger partial charge in [0, 0.05) is 11.3 Å². The lowest BCUT2D eigenvalue weighted by molar-refractivity contribution is 0.180. The molecule has 2 heteroatoms. The minimum Gasteiger partial charge on any atom is -0.461 e. The summed E-state index contributed by atoms with van der Waals surface area (Å²) in [6, 6.07) is 8.34. The molecule has 0 saturated heterocycles. The fraction of sp³-hybridized carbons (Fsp3) is 0.429. The molecule has 1 N–H and O–H groups in total. The molecule has 1 saturated carbocycles. The molecule has 0 aliphatic heterocycles. The number of benzene rings is 1. The quantitative estimate of drug-likeness (QED) is 0.792. The molecule has 1 heterocycles. The van der Waals surface area contributed by atoms with Crippen LogP contribution < -0.4 is 0 Å². The van der Waals surface area contributed by atoms with Crippen molar-refractivity contribution in [2.24, 2.45) is 0 Å². The monoisotopic (exact) mass is 216 g/mol. The Morgan fingerprint density at radius 3 is 2.88 bits per heavy atom. The lowest BCUT2D eigenvalue weighted by Crippen LogP contribution is -1.98. The predicted molar refractivity (Wildman–Crippen MR) is 63.5 cm³/mol. The zero-order valence-corrected chi connectivity index (χ0v) is 9.44. The van der Waals surface area contributed by atoms with Crippen molar-refractivity contribution in [1.29, 1.82) is 0 Å². The fourth-order valence-corrected chi connectivity index (χ4v) is 2.65. The maximum absolute atomic E-state index is 9.55. The minimum absolute atomic E-state index is 0.140. The highest BCUT2D eigenvalue weighted by atomic mass is 16.3. The molecular formula is C14H16O2. The van der Waals surface area contributed by atoms with E-state index in [1.54, 1.807) is 0 Å². The van der Waals surface area contributed by atoms with Crippen molar-refractivity contribution in [3.8, 4) is 0 Å². The van der Waals surface area contributed by atoms with Gasteiger partial charge in [-0.25, -0.2) is 0 Å². The van der Waals surface area contributed by atoms with E-state index in [9.17, 15) is 5.11 Å². The Morgan fingerprint density at radius 1 is 1.31 bits per heavy atom. The third kappa shape index (κ3) is 1.54. The van der Waals surface area contributed by atoms with E-state index in [1.807, 2.05) is 0 Å². The Hall–Kier alpha value is -1.28. The van der Waals surface area contributed by atoms with Gasteiger partial charge in [-0.15, -0.1) is 0 Å². The summed E-state index contributed by atoms with van der Waals surface area (Å²) in [5, 5.41) is 10.7. The van der Waals surface area contributed by atoms with E-state index in [0.717, 1.165) is 30.6 Å². The van der Waals surface area contributed by atoms with E-state index in [-0.39, 0.29) is 6.10 Å². The SMILES string of the molecule is Cc1cccc2cc(C3CCC(O)C3)oc12. The lowest BCUT2D eigenvalue weighted by Gasteiger charge is -2.03. The molecule has 1 aromatic heterocycles. The number of fused-ring (bicyclic) bond motifs is 1. The number of rotatable bonds is 1. The van der Waals surface area contributed by atoms with Gasteiger partial charge in [0.1, 0.15) is 11.3 Å². The van der Waals surface area contributed by atoms with Crippen LogP contribution in [0.3, 0.4) is 0 Å². The third-order valence-electron chi connectivity index (χ3n) is 3.57. The molecule has 16 heavy (non-hydrogen) atoms. The smallest absolute Gasteiger partial charge is 0.137 e. The van der Waals surface area contributed by atoms with Crippen LogP contribution in [0.1, 0.15) is 36.5 Å². The third-order valence-corrected chi connectivity index (χ3v) is 3.57. The highest BCUT2D eigenvalue weighted by molar-refractivity contribution is 5.81. The van der Waals surface area contributed by atoms with Gasteiger partial charge in [-0.1, -0.05) is 18.2 Å². The number of hydrogen-bond donors (Lipinski definition) is 1. The maximum atomic E-state index is 9.55. The van der Waals surface area contributed by atoms with Crippen molar-refractivity contribution in [2.45, 2.75) is 38.2 Å². The zero-order valence-electron chi connectivity index (χ0n) is 9.44. The van der Waals surface area contributed by atoms with Gasteiger partial charge in [0.15, 0.2) is 0 Å². The number of aliphatic hydroxyl groups is 1. The average molecular weight is 216 g/mol. The first-order valence-electron chi connectivity index (χ1n) is 5.91. The molecule has 1 aromatic carbocycles. The number of aryl methyl sites for hydroxylation is 1. The summed E-state index contributed by atoms with van der Waals surface area (Å²) in [7, 11) is 0. The minimum atomic E-state index is -0.140. The Kier molecular flexibility index (Phi) is 2.25. The fourth-order valence-electron chi connectivity index (χ4n) is 2.65. The van der Waals surface area contributed by atoms with E-state index in [4.69, 9.17) is 4.42 Å². The van der Waals surface area contributed by atoms with E-state index in [2.05, 4.69) is 31.2 Å². The van der Waals surface area contributed by atoms with Crippen LogP contribution in [0.15, 0.2) is 28.7 Å². The molecule has 84 valence electrons. The van der Waals surface area contributed by atoms with Crippen molar-refractivity contribution in [3.63, 3.8) is 0 Å². The first-order chi connectivity index (χ1) is 7.74. The van der Waals surface area contributed by atoms with E-state index in [1.165, 1.54) is 10.9 Å². The number of para-hydroxylation sites is 1. The van der Waals surface area contributed by atoms with Crippen LogP contribution in [-0.4, -0.2) is 11.2 Å². The molecular weight excluding hydrogens is 200 g/mol. The van der Waals surface area contributed by atoms with E-state index >= 15 is 0 Å². The number of hydrogen-bond acceptors (Lipinski definition) is 2. The van der Waals surface area contributed by atoms with Gasteiger partial charge in [-0.2, -0.15) is 0 Å². The Bertz CT molecular complexity index is 512. The highest BCUT2D eigenvalue weighted by Crippen LogP contribution is 2.37. The van der Waals surface area contributed by atoms with Crippen molar-refractivity contribution in [1.82, 2.24) is 0 Å². The normalized spacial score (nSPS) is 25.4. The summed E-state index contributed by atoms with van der Waals surface area (Å²) in [6.45, 7) is 2.07. The van der Waals surface area contributed by atoms with Gasteiger partial charge in [-0.3, -0.25) is 0 Å². The maximum Gasteiger partial charge on any atom is 0.137 e. The molecule has 0 bridgehead atoms. The Labute approximate surface area is 94.9 Å². The molecule has 0 spiro atoms. The highest BCUT2D eigenvalue weighted by Gasteiger charge is 2.26. The van der Waals surface area contributed by atoms with Crippen molar-refractivity contribution in [2.75, 3.05) is 0 Å². The summed E-state index contributed by atoms with van der Waals surface area (Å²) in [5.41, 5.74) is 2.18. The van der Waals surface area contributed by atoms with Crippen molar-refractivity contribution >= 4 is 11.0 Å². The molecule has 2 aromatic rings. The second-order valence-electron chi connectivity index (χ2n) is 4.81. The largest absolute Gasteiger partial charge is 0.461 e. The molecule has 1 aliphatic carbocycles. The second kappa shape index (κ2) is 3.63. The molecule has 1 aliphatic rings. The van der Waals surface area contributed by atoms with Crippen molar-refractivity contribution < 1.29 is 9.52 Å².